The van der Waals surface area contributed by atoms with Crippen LogP contribution >= 0.6 is 0 Å². The minimum atomic E-state index is -2.68. The molecule has 0 spiro atoms. The predicted octanol–water partition coefficient (Wildman–Crippen LogP) is 7.30. The molecule has 0 radical (unpaired) electrons. The number of hydrogen-bond donors (Lipinski definition) is 3. The third kappa shape index (κ3) is 12.7. The zero-order valence-electron chi connectivity index (χ0n) is 24.1. The lowest BCUT2D eigenvalue weighted by atomic mass is 9.82. The normalized spacial score (nSPS) is 19.3. The number of unbranched alkanes of at least 4 members (excludes halogenated alkanes) is 20. The van der Waals surface area contributed by atoms with E-state index in [9.17, 15) is 24.9 Å². The summed E-state index contributed by atoms with van der Waals surface area (Å²) in [7, 11) is 0. The molecule has 1 rings (SSSR count). The van der Waals surface area contributed by atoms with Gasteiger partial charge in [0.2, 0.25) is 11.9 Å². The van der Waals surface area contributed by atoms with Crippen LogP contribution in [-0.2, 0) is 14.3 Å². The summed E-state index contributed by atoms with van der Waals surface area (Å²) in [6.45, 7) is 4.45. The van der Waals surface area contributed by atoms with Crippen molar-refractivity contribution < 1.29 is 29.6 Å². The van der Waals surface area contributed by atoms with Gasteiger partial charge in [-0.15, -0.1) is 0 Å². The molecule has 1 aliphatic heterocycles. The molecule has 1 aliphatic rings. The van der Waals surface area contributed by atoms with E-state index in [0.717, 1.165) is 38.5 Å². The summed E-state index contributed by atoms with van der Waals surface area (Å²) >= 11 is 0. The maximum absolute atomic E-state index is 12.9. The van der Waals surface area contributed by atoms with Crippen molar-refractivity contribution in [2.45, 2.75) is 186 Å². The topological polar surface area (TPSA) is 107 Å². The molecule has 2 unspecified atom stereocenters. The van der Waals surface area contributed by atoms with E-state index >= 15 is 0 Å². The van der Waals surface area contributed by atoms with Crippen LogP contribution < -0.4 is 0 Å². The van der Waals surface area contributed by atoms with Crippen molar-refractivity contribution in [1.29, 1.82) is 0 Å². The lowest BCUT2D eigenvalue weighted by molar-refractivity contribution is -0.181. The monoisotopic (exact) mass is 526 g/mol. The summed E-state index contributed by atoms with van der Waals surface area (Å²) in [6, 6.07) is 0. The van der Waals surface area contributed by atoms with Crippen molar-refractivity contribution in [2.24, 2.45) is 0 Å². The quantitative estimate of drug-likeness (QED) is 0.0589. The van der Waals surface area contributed by atoms with Gasteiger partial charge in [-0.05, 0) is 12.8 Å². The Labute approximate surface area is 227 Å². The van der Waals surface area contributed by atoms with Gasteiger partial charge in [-0.3, -0.25) is 9.59 Å². The zero-order chi connectivity index (χ0) is 27.4. The van der Waals surface area contributed by atoms with Gasteiger partial charge in [-0.25, -0.2) is 0 Å². The van der Waals surface area contributed by atoms with Crippen LogP contribution in [0.1, 0.15) is 168 Å². The molecule has 37 heavy (non-hydrogen) atoms. The number of ether oxygens (including phenoxy) is 1. The standard InChI is InChI=1S/C31H58O6/c1-3-5-7-9-11-13-15-17-19-21-23-25-27(32)30(35,31(36)29(34)37-31)28(33)26-24-22-20-18-16-14-12-10-8-6-4-2/h29,34-36H,3-26H2,1-2H3. The van der Waals surface area contributed by atoms with E-state index in [4.69, 9.17) is 4.74 Å². The van der Waals surface area contributed by atoms with E-state index in [-0.39, 0.29) is 12.8 Å². The van der Waals surface area contributed by atoms with Crippen LogP contribution in [0.3, 0.4) is 0 Å². The Morgan fingerprint density at radius 3 is 1.08 bits per heavy atom. The Kier molecular flexibility index (Phi) is 18.6. The lowest BCUT2D eigenvalue weighted by Gasteiger charge is -2.28. The van der Waals surface area contributed by atoms with E-state index in [1.165, 1.54) is 89.9 Å². The molecule has 3 N–H and O–H groups in total. The van der Waals surface area contributed by atoms with E-state index in [1.807, 2.05) is 0 Å². The molecule has 1 fully saturated rings. The van der Waals surface area contributed by atoms with Gasteiger partial charge >= 0.3 is 0 Å². The first-order chi connectivity index (χ1) is 17.8. The number of Topliss-reactive ketones (excluding diaryl/α,β-unsaturated/α-hetero) is 2. The molecule has 1 saturated heterocycles. The highest BCUT2D eigenvalue weighted by Gasteiger charge is 2.74. The van der Waals surface area contributed by atoms with Crippen molar-refractivity contribution in [3.8, 4) is 0 Å². The van der Waals surface area contributed by atoms with Crippen LogP contribution in [0.2, 0.25) is 0 Å². The van der Waals surface area contributed by atoms with Gasteiger partial charge in [0, 0.05) is 12.8 Å². The smallest absolute Gasteiger partial charge is 0.265 e. The molecular weight excluding hydrogens is 468 g/mol. The van der Waals surface area contributed by atoms with E-state index < -0.39 is 29.2 Å². The molecule has 0 amide bonds. The predicted molar refractivity (Wildman–Crippen MR) is 149 cm³/mol. The maximum atomic E-state index is 12.9. The third-order valence-electron chi connectivity index (χ3n) is 7.91. The number of carbonyl (C=O) groups excluding carboxylic acids is 2. The van der Waals surface area contributed by atoms with Gasteiger partial charge in [0.05, 0.1) is 0 Å². The van der Waals surface area contributed by atoms with Gasteiger partial charge in [0.25, 0.3) is 5.79 Å². The molecule has 0 bridgehead atoms. The van der Waals surface area contributed by atoms with E-state index in [0.29, 0.717) is 12.8 Å². The molecule has 6 nitrogen and oxygen atoms in total. The van der Waals surface area contributed by atoms with Crippen molar-refractivity contribution >= 4 is 11.6 Å². The molecule has 218 valence electrons. The van der Waals surface area contributed by atoms with Crippen LogP contribution in [0.15, 0.2) is 0 Å². The van der Waals surface area contributed by atoms with Crippen molar-refractivity contribution in [2.75, 3.05) is 0 Å². The second-order valence-electron chi connectivity index (χ2n) is 11.3. The first-order valence-corrected chi connectivity index (χ1v) is 15.7. The molecule has 0 saturated carbocycles. The highest BCUT2D eigenvalue weighted by Crippen LogP contribution is 2.44. The fourth-order valence-corrected chi connectivity index (χ4v) is 5.22. The number of rotatable bonds is 27. The average molecular weight is 527 g/mol. The first-order valence-electron chi connectivity index (χ1n) is 15.7. The van der Waals surface area contributed by atoms with Gasteiger partial charge < -0.3 is 20.1 Å². The minimum absolute atomic E-state index is 0.00406. The minimum Gasteiger partial charge on any atom is -0.370 e. The molecule has 0 aromatic carbocycles. The average Bonchev–Trinajstić information content (AvgIpc) is 3.52. The Morgan fingerprint density at radius 1 is 0.595 bits per heavy atom. The summed E-state index contributed by atoms with van der Waals surface area (Å²) in [5.74, 6) is -3.98. The molecule has 6 heteroatoms. The second-order valence-corrected chi connectivity index (χ2v) is 11.3. The SMILES string of the molecule is CCCCCCCCCCCCCC(=O)C(O)(C(=O)CCCCCCCCCCCCC)C1(O)OC1O. The lowest BCUT2D eigenvalue weighted by Crippen LogP contribution is -2.59. The van der Waals surface area contributed by atoms with Gasteiger partial charge in [-0.2, -0.15) is 0 Å². The number of aliphatic hydroxyl groups excluding tert-OH is 1. The fraction of sp³-hybridized carbons (Fsp3) is 0.935. The fourth-order valence-electron chi connectivity index (χ4n) is 5.22. The van der Waals surface area contributed by atoms with E-state index in [1.54, 1.807) is 0 Å². The summed E-state index contributed by atoms with van der Waals surface area (Å²) in [4.78, 5) is 25.8. The van der Waals surface area contributed by atoms with Crippen LogP contribution in [0.5, 0.6) is 0 Å². The number of hydrogen-bond acceptors (Lipinski definition) is 6. The van der Waals surface area contributed by atoms with Crippen LogP contribution in [-0.4, -0.2) is 44.6 Å². The Balaban J connectivity index is 2.26. The molecule has 2 atom stereocenters. The second kappa shape index (κ2) is 20.1. The Bertz CT molecular complexity index is 569. The van der Waals surface area contributed by atoms with Crippen LogP contribution in [0.25, 0.3) is 0 Å². The van der Waals surface area contributed by atoms with Gasteiger partial charge in [0.1, 0.15) is 0 Å². The van der Waals surface area contributed by atoms with Crippen LogP contribution in [0, 0.1) is 0 Å². The maximum Gasteiger partial charge on any atom is 0.265 e. The first kappa shape index (κ1) is 34.2. The molecule has 0 aromatic heterocycles. The summed E-state index contributed by atoms with van der Waals surface area (Å²) < 4.78 is 4.74. The highest BCUT2D eigenvalue weighted by atomic mass is 16.8. The van der Waals surface area contributed by atoms with E-state index in [2.05, 4.69) is 13.8 Å². The van der Waals surface area contributed by atoms with Gasteiger partial charge in [-0.1, -0.05) is 142 Å². The number of ketones is 2. The summed E-state index contributed by atoms with van der Waals surface area (Å²) in [6.07, 6.45) is 23.2. The molecule has 0 aromatic rings. The summed E-state index contributed by atoms with van der Waals surface area (Å²) in [5.41, 5.74) is -2.68. The molecule has 1 heterocycles. The largest absolute Gasteiger partial charge is 0.370 e. The number of carbonyl (C=O) groups is 2. The van der Waals surface area contributed by atoms with Crippen molar-refractivity contribution in [1.82, 2.24) is 0 Å². The number of aliphatic hydroxyl groups is 3. The molecular formula is C31H58O6. The Hall–Kier alpha value is -0.820. The summed E-state index contributed by atoms with van der Waals surface area (Å²) in [5, 5.41) is 31.2. The third-order valence-corrected chi connectivity index (χ3v) is 7.91. The number of epoxide rings is 1. The molecule has 0 aliphatic carbocycles. The zero-order valence-corrected chi connectivity index (χ0v) is 24.1. The van der Waals surface area contributed by atoms with Gasteiger partial charge in [0.15, 0.2) is 11.6 Å². The highest BCUT2D eigenvalue weighted by molar-refractivity contribution is 6.11. The Morgan fingerprint density at radius 2 is 0.838 bits per heavy atom. The van der Waals surface area contributed by atoms with Crippen LogP contribution in [0.4, 0.5) is 0 Å². The van der Waals surface area contributed by atoms with Crippen molar-refractivity contribution in [3.05, 3.63) is 0 Å². The van der Waals surface area contributed by atoms with Crippen molar-refractivity contribution in [3.63, 3.8) is 0 Å².